The van der Waals surface area contributed by atoms with E-state index in [1.54, 1.807) is 22.9 Å². The average molecular weight is 347 g/mol. The molecule has 112 valence electrons. The number of halogens is 3. The largest absolute Gasteiger partial charge is 0.308 e. The number of carbonyl (C=O) groups is 1. The second kappa shape index (κ2) is 6.79. The van der Waals surface area contributed by atoms with Crippen LogP contribution in [0.25, 0.3) is 0 Å². The summed E-state index contributed by atoms with van der Waals surface area (Å²) in [5, 5.41) is 5.27. The lowest BCUT2D eigenvalue weighted by Gasteiger charge is -2.12. The second-order valence-electron chi connectivity index (χ2n) is 4.85. The van der Waals surface area contributed by atoms with Crippen molar-refractivity contribution in [3.63, 3.8) is 0 Å². The van der Waals surface area contributed by atoms with Crippen LogP contribution in [0.3, 0.4) is 0 Å². The van der Waals surface area contributed by atoms with E-state index in [2.05, 4.69) is 5.10 Å². The normalized spacial score (nSPS) is 11.1. The highest BCUT2D eigenvalue weighted by atomic mass is 35.5. The highest BCUT2D eigenvalue weighted by molar-refractivity contribution is 6.36. The highest BCUT2D eigenvalue weighted by Crippen LogP contribution is 2.24. The topological polar surface area (TPSA) is 38.1 Å². The maximum atomic E-state index is 12.6. The molecule has 1 aromatic heterocycles. The Kier molecular flexibility index (Phi) is 5.27. The van der Waals surface area contributed by atoms with E-state index < -0.39 is 0 Å². The molecule has 1 heterocycles. The molecular weight excluding hydrogens is 333 g/mol. The molecule has 0 saturated carbocycles. The Labute approximate surface area is 138 Å². The lowest BCUT2D eigenvalue weighted by molar-refractivity contribution is 0.102. The lowest BCUT2D eigenvalue weighted by Crippen LogP contribution is -2.21. The van der Waals surface area contributed by atoms with Gasteiger partial charge in [-0.05, 0) is 32.3 Å². The summed E-state index contributed by atoms with van der Waals surface area (Å²) in [7, 11) is 3.90. The summed E-state index contributed by atoms with van der Waals surface area (Å²) in [4.78, 5) is 14.6. The van der Waals surface area contributed by atoms with Crippen LogP contribution in [0.15, 0.2) is 24.4 Å². The summed E-state index contributed by atoms with van der Waals surface area (Å²) in [5.74, 6) is -0.249. The van der Waals surface area contributed by atoms with Crippen LogP contribution in [-0.4, -0.2) is 41.1 Å². The van der Waals surface area contributed by atoms with Gasteiger partial charge in [-0.2, -0.15) is 5.10 Å². The summed E-state index contributed by atoms with van der Waals surface area (Å²) in [6.45, 7) is 1.31. The summed E-state index contributed by atoms with van der Waals surface area (Å²) in [6, 6.07) is 4.70. The van der Waals surface area contributed by atoms with Crippen molar-refractivity contribution >= 4 is 40.6 Å². The molecule has 0 aliphatic rings. The van der Waals surface area contributed by atoms with E-state index in [4.69, 9.17) is 34.8 Å². The molecule has 7 heteroatoms. The van der Waals surface area contributed by atoms with Crippen LogP contribution in [-0.2, 0) is 6.54 Å². The van der Waals surface area contributed by atoms with E-state index in [1.807, 2.05) is 19.0 Å². The summed E-state index contributed by atoms with van der Waals surface area (Å²) in [6.07, 6.45) is 1.47. The quantitative estimate of drug-likeness (QED) is 0.776. The first-order valence-corrected chi connectivity index (χ1v) is 7.38. The highest BCUT2D eigenvalue weighted by Gasteiger charge is 2.20. The molecule has 4 nitrogen and oxygen atoms in total. The molecule has 0 fully saturated rings. The van der Waals surface area contributed by atoms with Crippen LogP contribution in [0.5, 0.6) is 0 Å². The third kappa shape index (κ3) is 3.98. The van der Waals surface area contributed by atoms with Gasteiger partial charge in [0.25, 0.3) is 0 Å². The average Bonchev–Trinajstić information content (AvgIpc) is 2.75. The number of likely N-dealkylation sites (N-methyl/N-ethyl adjacent to an activating group) is 1. The first-order valence-electron chi connectivity index (χ1n) is 6.25. The number of benzene rings is 1. The number of nitrogens with zero attached hydrogens (tertiary/aromatic N) is 3. The van der Waals surface area contributed by atoms with Crippen LogP contribution < -0.4 is 0 Å². The van der Waals surface area contributed by atoms with E-state index in [0.29, 0.717) is 32.9 Å². The van der Waals surface area contributed by atoms with Gasteiger partial charge >= 0.3 is 0 Å². The van der Waals surface area contributed by atoms with Crippen LogP contribution in [0, 0.1) is 0 Å². The first-order chi connectivity index (χ1) is 9.88. The van der Waals surface area contributed by atoms with Crippen LogP contribution in [0.1, 0.15) is 16.1 Å². The van der Waals surface area contributed by atoms with Crippen LogP contribution in [0.2, 0.25) is 15.1 Å². The van der Waals surface area contributed by atoms with Gasteiger partial charge in [0.15, 0.2) is 0 Å². The monoisotopic (exact) mass is 345 g/mol. The summed E-state index contributed by atoms with van der Waals surface area (Å²) < 4.78 is 1.60. The molecule has 0 atom stereocenters. The number of rotatable bonds is 5. The fourth-order valence-electron chi connectivity index (χ4n) is 1.87. The zero-order valence-corrected chi connectivity index (χ0v) is 13.9. The Hall–Kier alpha value is -1.07. The van der Waals surface area contributed by atoms with E-state index in [1.165, 1.54) is 6.20 Å². The molecule has 0 amide bonds. The molecule has 2 aromatic rings. The molecule has 0 spiro atoms. The van der Waals surface area contributed by atoms with E-state index in [-0.39, 0.29) is 5.78 Å². The molecule has 0 unspecified atom stereocenters. The predicted molar refractivity (Wildman–Crippen MR) is 85.7 cm³/mol. The number of aromatic nitrogens is 2. The Morgan fingerprint density at radius 3 is 2.38 bits per heavy atom. The smallest absolute Gasteiger partial charge is 0.212 e. The van der Waals surface area contributed by atoms with Crippen molar-refractivity contribution < 1.29 is 4.79 Å². The minimum absolute atomic E-state index is 0.249. The van der Waals surface area contributed by atoms with E-state index in [9.17, 15) is 4.79 Å². The Balaban J connectivity index is 2.36. The van der Waals surface area contributed by atoms with Crippen molar-refractivity contribution in [2.45, 2.75) is 6.54 Å². The van der Waals surface area contributed by atoms with Gasteiger partial charge in [-0.15, -0.1) is 0 Å². The Morgan fingerprint density at radius 1 is 1.19 bits per heavy atom. The number of hydrogen-bond donors (Lipinski definition) is 0. The van der Waals surface area contributed by atoms with Crippen molar-refractivity contribution in [1.82, 2.24) is 14.7 Å². The van der Waals surface area contributed by atoms with Gasteiger partial charge in [-0.1, -0.05) is 34.8 Å². The fourth-order valence-corrected chi connectivity index (χ4v) is 2.63. The SMILES string of the molecule is CN(C)CCn1ncc(Cl)c1C(=O)c1cc(Cl)cc(Cl)c1. The van der Waals surface area contributed by atoms with Gasteiger partial charge in [-0.3, -0.25) is 9.48 Å². The molecule has 0 radical (unpaired) electrons. The van der Waals surface area contributed by atoms with Crippen LogP contribution >= 0.6 is 34.8 Å². The summed E-state index contributed by atoms with van der Waals surface area (Å²) in [5.41, 5.74) is 0.734. The van der Waals surface area contributed by atoms with Crippen LogP contribution in [0.4, 0.5) is 0 Å². The second-order valence-corrected chi connectivity index (χ2v) is 6.13. The standard InChI is InChI=1S/C14H14Cl3N3O/c1-19(2)3-4-20-13(12(17)8-18-20)14(21)9-5-10(15)7-11(16)6-9/h5-8H,3-4H2,1-2H3. The maximum absolute atomic E-state index is 12.6. The van der Waals surface area contributed by atoms with Crippen molar-refractivity contribution in [1.29, 1.82) is 0 Å². The van der Waals surface area contributed by atoms with Gasteiger partial charge < -0.3 is 4.90 Å². The molecule has 0 aliphatic heterocycles. The molecule has 2 rings (SSSR count). The fraction of sp³-hybridized carbons (Fsp3) is 0.286. The predicted octanol–water partition coefficient (Wildman–Crippen LogP) is 3.64. The van der Waals surface area contributed by atoms with E-state index in [0.717, 1.165) is 6.54 Å². The minimum Gasteiger partial charge on any atom is -0.308 e. The van der Waals surface area contributed by atoms with E-state index >= 15 is 0 Å². The van der Waals surface area contributed by atoms with Gasteiger partial charge in [0.1, 0.15) is 5.69 Å². The molecule has 0 bridgehead atoms. The lowest BCUT2D eigenvalue weighted by atomic mass is 10.1. The molecule has 1 aromatic carbocycles. The maximum Gasteiger partial charge on any atom is 0.212 e. The molecule has 0 aliphatic carbocycles. The third-order valence-electron chi connectivity index (χ3n) is 2.89. The van der Waals surface area contributed by atoms with Gasteiger partial charge in [0.05, 0.1) is 17.8 Å². The number of ketones is 1. The molecule has 0 N–H and O–H groups in total. The zero-order chi connectivity index (χ0) is 15.6. The Morgan fingerprint density at radius 2 is 1.81 bits per heavy atom. The van der Waals surface area contributed by atoms with Gasteiger partial charge in [-0.25, -0.2) is 0 Å². The van der Waals surface area contributed by atoms with Gasteiger partial charge in [0, 0.05) is 22.2 Å². The first kappa shape index (κ1) is 16.3. The number of hydrogen-bond acceptors (Lipinski definition) is 3. The van der Waals surface area contributed by atoms with Crippen molar-refractivity contribution in [2.24, 2.45) is 0 Å². The molecule has 21 heavy (non-hydrogen) atoms. The summed E-state index contributed by atoms with van der Waals surface area (Å²) >= 11 is 18.0. The van der Waals surface area contributed by atoms with Crippen molar-refractivity contribution in [3.05, 3.63) is 50.7 Å². The Bertz CT molecular complexity index is 647. The molecular formula is C14H14Cl3N3O. The zero-order valence-electron chi connectivity index (χ0n) is 11.6. The molecule has 0 saturated heterocycles. The van der Waals surface area contributed by atoms with Crippen molar-refractivity contribution in [3.8, 4) is 0 Å². The third-order valence-corrected chi connectivity index (χ3v) is 3.61. The van der Waals surface area contributed by atoms with Gasteiger partial charge in [0.2, 0.25) is 5.78 Å². The number of carbonyl (C=O) groups excluding carboxylic acids is 1. The minimum atomic E-state index is -0.249. The van der Waals surface area contributed by atoms with Crippen molar-refractivity contribution in [2.75, 3.05) is 20.6 Å².